The highest BCUT2D eigenvalue weighted by molar-refractivity contribution is 6.31. The topological polar surface area (TPSA) is 69.4 Å². The number of nitrogens with zero attached hydrogens (tertiary/aromatic N) is 1. The van der Waals surface area contributed by atoms with Crippen molar-refractivity contribution in [3.63, 3.8) is 0 Å². The molecule has 0 spiro atoms. The SMILES string of the molecule is CC1CCCC(OC(=O)c2cc(Cl)ccc2[N+](=O)[O-])C1. The van der Waals surface area contributed by atoms with Crippen LogP contribution < -0.4 is 0 Å². The number of esters is 1. The number of nitro benzene ring substituents is 1. The van der Waals surface area contributed by atoms with Gasteiger partial charge in [-0.05, 0) is 37.3 Å². The van der Waals surface area contributed by atoms with Gasteiger partial charge in [0.1, 0.15) is 11.7 Å². The zero-order valence-electron chi connectivity index (χ0n) is 11.2. The second-order valence-corrected chi connectivity index (χ2v) is 5.65. The van der Waals surface area contributed by atoms with Crippen molar-refractivity contribution >= 4 is 23.3 Å². The maximum atomic E-state index is 12.1. The Kier molecular flexibility index (Phi) is 4.60. The zero-order valence-corrected chi connectivity index (χ0v) is 11.9. The number of hydrogen-bond acceptors (Lipinski definition) is 4. The summed E-state index contributed by atoms with van der Waals surface area (Å²) in [6.07, 6.45) is 3.59. The molecule has 1 aliphatic rings. The van der Waals surface area contributed by atoms with E-state index in [1.807, 2.05) is 0 Å². The molecule has 0 bridgehead atoms. The van der Waals surface area contributed by atoms with Gasteiger partial charge in [-0.3, -0.25) is 10.1 Å². The predicted octanol–water partition coefficient (Wildman–Crippen LogP) is 3.98. The lowest BCUT2D eigenvalue weighted by atomic mass is 9.89. The third kappa shape index (κ3) is 3.48. The average Bonchev–Trinajstić information content (AvgIpc) is 2.38. The number of nitro groups is 1. The smallest absolute Gasteiger partial charge is 0.345 e. The van der Waals surface area contributed by atoms with Gasteiger partial charge in [0.05, 0.1) is 4.92 Å². The molecule has 0 aliphatic heterocycles. The number of halogens is 1. The van der Waals surface area contributed by atoms with Crippen LogP contribution in [0.4, 0.5) is 5.69 Å². The molecule has 0 N–H and O–H groups in total. The lowest BCUT2D eigenvalue weighted by Crippen LogP contribution is -2.24. The number of hydrogen-bond donors (Lipinski definition) is 0. The molecule has 1 aromatic rings. The van der Waals surface area contributed by atoms with Gasteiger partial charge in [0.2, 0.25) is 0 Å². The van der Waals surface area contributed by atoms with Crippen LogP contribution >= 0.6 is 11.6 Å². The molecule has 1 aromatic carbocycles. The molecule has 0 saturated heterocycles. The number of benzene rings is 1. The highest BCUT2D eigenvalue weighted by Crippen LogP contribution is 2.28. The van der Waals surface area contributed by atoms with Gasteiger partial charge in [-0.2, -0.15) is 0 Å². The van der Waals surface area contributed by atoms with E-state index in [0.717, 1.165) is 25.7 Å². The minimum atomic E-state index is -0.668. The highest BCUT2D eigenvalue weighted by atomic mass is 35.5. The molecule has 5 nitrogen and oxygen atoms in total. The molecular weight excluding hydrogens is 282 g/mol. The van der Waals surface area contributed by atoms with Crippen LogP contribution in [0.1, 0.15) is 43.0 Å². The summed E-state index contributed by atoms with van der Waals surface area (Å²) in [7, 11) is 0. The number of carbonyl (C=O) groups excluding carboxylic acids is 1. The molecule has 1 saturated carbocycles. The van der Waals surface area contributed by atoms with Crippen LogP contribution in [-0.4, -0.2) is 17.0 Å². The molecule has 1 aliphatic carbocycles. The minimum Gasteiger partial charge on any atom is -0.459 e. The summed E-state index contributed by atoms with van der Waals surface area (Å²) in [4.78, 5) is 22.4. The Morgan fingerprint density at radius 3 is 2.85 bits per heavy atom. The van der Waals surface area contributed by atoms with Crippen LogP contribution in [0, 0.1) is 16.0 Å². The average molecular weight is 298 g/mol. The van der Waals surface area contributed by atoms with Gasteiger partial charge in [0.25, 0.3) is 5.69 Å². The van der Waals surface area contributed by atoms with Gasteiger partial charge in [-0.15, -0.1) is 0 Å². The van der Waals surface area contributed by atoms with E-state index in [1.165, 1.54) is 18.2 Å². The first-order valence-electron chi connectivity index (χ1n) is 6.62. The van der Waals surface area contributed by atoms with Gasteiger partial charge in [-0.1, -0.05) is 24.9 Å². The number of carbonyl (C=O) groups is 1. The molecule has 6 heteroatoms. The molecule has 0 amide bonds. The number of ether oxygens (including phenoxy) is 1. The summed E-state index contributed by atoms with van der Waals surface area (Å²) in [6.45, 7) is 2.11. The van der Waals surface area contributed by atoms with Crippen molar-refractivity contribution in [2.75, 3.05) is 0 Å². The summed E-state index contributed by atoms with van der Waals surface area (Å²) in [5, 5.41) is 11.2. The van der Waals surface area contributed by atoms with Crippen molar-refractivity contribution in [2.24, 2.45) is 5.92 Å². The molecule has 1 fully saturated rings. The van der Waals surface area contributed by atoms with Crippen molar-refractivity contribution in [1.82, 2.24) is 0 Å². The molecule has 0 heterocycles. The summed E-state index contributed by atoms with van der Waals surface area (Å²) in [5.41, 5.74) is -0.357. The zero-order chi connectivity index (χ0) is 14.7. The van der Waals surface area contributed by atoms with E-state index in [4.69, 9.17) is 16.3 Å². The predicted molar refractivity (Wildman–Crippen MR) is 74.9 cm³/mol. The quantitative estimate of drug-likeness (QED) is 0.480. The maximum absolute atomic E-state index is 12.1. The largest absolute Gasteiger partial charge is 0.459 e. The Morgan fingerprint density at radius 1 is 1.45 bits per heavy atom. The van der Waals surface area contributed by atoms with E-state index in [1.54, 1.807) is 0 Å². The molecular formula is C14H16ClNO4. The Bertz CT molecular complexity index is 532. The van der Waals surface area contributed by atoms with Gasteiger partial charge < -0.3 is 4.74 Å². The standard InChI is InChI=1S/C14H16ClNO4/c1-9-3-2-4-11(7-9)20-14(17)12-8-10(15)5-6-13(12)16(18)19/h5-6,8-9,11H,2-4,7H2,1H3. The summed E-state index contributed by atoms with van der Waals surface area (Å²) >= 11 is 5.80. The van der Waals surface area contributed by atoms with Gasteiger partial charge in [0, 0.05) is 11.1 Å². The van der Waals surface area contributed by atoms with E-state index in [9.17, 15) is 14.9 Å². The fraction of sp³-hybridized carbons (Fsp3) is 0.500. The van der Waals surface area contributed by atoms with Crippen LogP contribution in [0.25, 0.3) is 0 Å². The van der Waals surface area contributed by atoms with Crippen molar-refractivity contribution < 1.29 is 14.5 Å². The number of rotatable bonds is 3. The summed E-state index contributed by atoms with van der Waals surface area (Å²) in [5.74, 6) is -0.158. The molecule has 2 atom stereocenters. The van der Waals surface area contributed by atoms with E-state index >= 15 is 0 Å². The van der Waals surface area contributed by atoms with Crippen molar-refractivity contribution in [2.45, 2.75) is 38.7 Å². The van der Waals surface area contributed by atoms with Gasteiger partial charge in [0.15, 0.2) is 0 Å². The fourth-order valence-electron chi connectivity index (χ4n) is 2.53. The Morgan fingerprint density at radius 2 is 2.20 bits per heavy atom. The molecule has 2 unspecified atom stereocenters. The van der Waals surface area contributed by atoms with Crippen LogP contribution in [0.15, 0.2) is 18.2 Å². The van der Waals surface area contributed by atoms with E-state index < -0.39 is 10.9 Å². The molecule has 0 radical (unpaired) electrons. The third-order valence-electron chi connectivity index (χ3n) is 3.54. The van der Waals surface area contributed by atoms with Crippen LogP contribution in [0.5, 0.6) is 0 Å². The normalized spacial score (nSPS) is 22.3. The lowest BCUT2D eigenvalue weighted by Gasteiger charge is -2.26. The Hall–Kier alpha value is -1.62. The van der Waals surface area contributed by atoms with E-state index in [2.05, 4.69) is 6.92 Å². The summed E-state index contributed by atoms with van der Waals surface area (Å²) < 4.78 is 5.39. The van der Waals surface area contributed by atoms with E-state index in [0.29, 0.717) is 5.92 Å². The molecule has 20 heavy (non-hydrogen) atoms. The monoisotopic (exact) mass is 297 g/mol. The van der Waals surface area contributed by atoms with Crippen molar-refractivity contribution in [3.05, 3.63) is 38.9 Å². The Balaban J connectivity index is 2.16. The van der Waals surface area contributed by atoms with Crippen molar-refractivity contribution in [1.29, 1.82) is 0 Å². The first kappa shape index (κ1) is 14.8. The second-order valence-electron chi connectivity index (χ2n) is 5.22. The van der Waals surface area contributed by atoms with Crippen LogP contribution in [0.2, 0.25) is 5.02 Å². The van der Waals surface area contributed by atoms with Crippen LogP contribution in [-0.2, 0) is 4.74 Å². The minimum absolute atomic E-state index is 0.0827. The summed E-state index contributed by atoms with van der Waals surface area (Å²) in [6, 6.07) is 3.90. The highest BCUT2D eigenvalue weighted by Gasteiger charge is 2.27. The molecule has 108 valence electrons. The maximum Gasteiger partial charge on any atom is 0.345 e. The first-order valence-corrected chi connectivity index (χ1v) is 7.00. The third-order valence-corrected chi connectivity index (χ3v) is 3.77. The first-order chi connectivity index (χ1) is 9.47. The molecule has 2 rings (SSSR count). The van der Waals surface area contributed by atoms with Gasteiger partial charge in [-0.25, -0.2) is 4.79 Å². The van der Waals surface area contributed by atoms with Gasteiger partial charge >= 0.3 is 5.97 Å². The van der Waals surface area contributed by atoms with Crippen molar-refractivity contribution in [3.8, 4) is 0 Å². The molecule has 0 aromatic heterocycles. The second kappa shape index (κ2) is 6.22. The fourth-order valence-corrected chi connectivity index (χ4v) is 2.70. The van der Waals surface area contributed by atoms with E-state index in [-0.39, 0.29) is 22.4 Å². The Labute approximate surface area is 122 Å². The van der Waals surface area contributed by atoms with Crippen LogP contribution in [0.3, 0.4) is 0 Å². The lowest BCUT2D eigenvalue weighted by molar-refractivity contribution is -0.385.